The predicted octanol–water partition coefficient (Wildman–Crippen LogP) is 1.79. The molecule has 15 heavy (non-hydrogen) atoms. The van der Waals surface area contributed by atoms with Crippen molar-refractivity contribution < 1.29 is 13.9 Å². The van der Waals surface area contributed by atoms with Crippen molar-refractivity contribution in [1.29, 1.82) is 0 Å². The quantitative estimate of drug-likeness (QED) is 0.758. The Morgan fingerprint density at radius 3 is 2.40 bits per heavy atom. The number of halogens is 2. The molecule has 0 bridgehead atoms. The number of hydrogen-bond donors (Lipinski definition) is 2. The molecule has 0 aliphatic rings. The third-order valence-electron chi connectivity index (χ3n) is 2.16. The Kier molecular flexibility index (Phi) is 5.21. The minimum absolute atomic E-state index is 0.0739. The lowest BCUT2D eigenvalue weighted by atomic mass is 10.2. The third kappa shape index (κ3) is 4.36. The molecular formula is C11H15F2NO. The molecule has 4 heteroatoms. The first-order valence-corrected chi connectivity index (χ1v) is 4.90. The van der Waals surface area contributed by atoms with Gasteiger partial charge in [0.1, 0.15) is 0 Å². The maximum atomic E-state index is 12.4. The summed E-state index contributed by atoms with van der Waals surface area (Å²) >= 11 is 0. The zero-order valence-electron chi connectivity index (χ0n) is 8.37. The number of aliphatic hydroxyl groups excluding tert-OH is 1. The van der Waals surface area contributed by atoms with Crippen LogP contribution in [-0.4, -0.2) is 24.2 Å². The van der Waals surface area contributed by atoms with Crippen molar-refractivity contribution in [2.75, 3.05) is 6.61 Å². The van der Waals surface area contributed by atoms with Gasteiger partial charge in [0.25, 0.3) is 6.43 Å². The first-order valence-electron chi connectivity index (χ1n) is 4.90. The highest BCUT2D eigenvalue weighted by Crippen LogP contribution is 2.06. The Labute approximate surface area is 87.9 Å². The molecule has 0 aliphatic heterocycles. The number of nitrogens with one attached hydrogen (secondary N) is 1. The maximum absolute atomic E-state index is 12.4. The molecule has 1 aromatic rings. The number of benzene rings is 1. The van der Waals surface area contributed by atoms with Gasteiger partial charge in [-0.3, -0.25) is 0 Å². The van der Waals surface area contributed by atoms with E-state index in [1.165, 1.54) is 0 Å². The second kappa shape index (κ2) is 6.48. The molecule has 0 amide bonds. The minimum Gasteiger partial charge on any atom is -0.396 e. The van der Waals surface area contributed by atoms with Crippen molar-refractivity contribution in [1.82, 2.24) is 5.32 Å². The molecule has 0 aliphatic carbocycles. The van der Waals surface area contributed by atoms with E-state index in [4.69, 9.17) is 5.11 Å². The molecule has 84 valence electrons. The van der Waals surface area contributed by atoms with E-state index in [1.807, 2.05) is 30.3 Å². The van der Waals surface area contributed by atoms with Crippen molar-refractivity contribution in [2.45, 2.75) is 25.4 Å². The van der Waals surface area contributed by atoms with Crippen LogP contribution >= 0.6 is 0 Å². The van der Waals surface area contributed by atoms with Crippen LogP contribution in [-0.2, 0) is 6.54 Å². The summed E-state index contributed by atoms with van der Waals surface area (Å²) < 4.78 is 24.8. The fourth-order valence-electron chi connectivity index (χ4n) is 1.30. The summed E-state index contributed by atoms with van der Waals surface area (Å²) in [6.45, 7) is 0.173. The van der Waals surface area contributed by atoms with E-state index in [-0.39, 0.29) is 13.0 Å². The highest BCUT2D eigenvalue weighted by Gasteiger charge is 2.18. The van der Waals surface area contributed by atoms with Gasteiger partial charge in [-0.25, -0.2) is 8.78 Å². The van der Waals surface area contributed by atoms with Gasteiger partial charge in [-0.2, -0.15) is 0 Å². The van der Waals surface area contributed by atoms with E-state index >= 15 is 0 Å². The highest BCUT2D eigenvalue weighted by atomic mass is 19.3. The molecule has 0 saturated heterocycles. The molecule has 2 nitrogen and oxygen atoms in total. The Hall–Kier alpha value is -1.00. The van der Waals surface area contributed by atoms with E-state index in [9.17, 15) is 8.78 Å². The Morgan fingerprint density at radius 1 is 1.20 bits per heavy atom. The summed E-state index contributed by atoms with van der Waals surface area (Å²) in [4.78, 5) is 0. The second-order valence-electron chi connectivity index (χ2n) is 3.32. The smallest absolute Gasteiger partial charge is 0.253 e. The van der Waals surface area contributed by atoms with Crippen molar-refractivity contribution in [3.8, 4) is 0 Å². The molecule has 1 atom stereocenters. The van der Waals surface area contributed by atoms with Gasteiger partial charge >= 0.3 is 0 Å². The molecule has 0 radical (unpaired) electrons. The molecule has 1 rings (SSSR count). The largest absolute Gasteiger partial charge is 0.396 e. The molecule has 0 aromatic heterocycles. The summed E-state index contributed by atoms with van der Waals surface area (Å²) in [5.41, 5.74) is 0.959. The van der Waals surface area contributed by atoms with Gasteiger partial charge in [0, 0.05) is 13.2 Å². The lowest BCUT2D eigenvalue weighted by Crippen LogP contribution is -2.35. The van der Waals surface area contributed by atoms with Gasteiger partial charge in [-0.1, -0.05) is 30.3 Å². The fourth-order valence-corrected chi connectivity index (χ4v) is 1.30. The van der Waals surface area contributed by atoms with Crippen LogP contribution in [0, 0.1) is 0 Å². The average Bonchev–Trinajstić information content (AvgIpc) is 2.25. The van der Waals surface area contributed by atoms with E-state index in [0.717, 1.165) is 5.56 Å². The number of alkyl halides is 2. The van der Waals surface area contributed by atoms with Crippen LogP contribution in [0.4, 0.5) is 8.78 Å². The molecule has 0 heterocycles. The van der Waals surface area contributed by atoms with Crippen LogP contribution < -0.4 is 5.32 Å². The first-order chi connectivity index (χ1) is 7.24. The lowest BCUT2D eigenvalue weighted by Gasteiger charge is -2.16. The Balaban J connectivity index is 2.40. The number of aliphatic hydroxyl groups is 1. The van der Waals surface area contributed by atoms with Gasteiger partial charge in [0.2, 0.25) is 0 Å². The monoisotopic (exact) mass is 215 g/mol. The van der Waals surface area contributed by atoms with E-state index in [1.54, 1.807) is 0 Å². The predicted molar refractivity (Wildman–Crippen MR) is 54.8 cm³/mol. The van der Waals surface area contributed by atoms with Crippen LogP contribution in [0.1, 0.15) is 12.0 Å². The van der Waals surface area contributed by atoms with Gasteiger partial charge in [-0.15, -0.1) is 0 Å². The number of rotatable bonds is 6. The van der Waals surface area contributed by atoms with Crippen molar-refractivity contribution in [2.24, 2.45) is 0 Å². The van der Waals surface area contributed by atoms with Gasteiger partial charge in [0.15, 0.2) is 0 Å². The zero-order chi connectivity index (χ0) is 11.1. The average molecular weight is 215 g/mol. The van der Waals surface area contributed by atoms with E-state index < -0.39 is 12.5 Å². The summed E-state index contributed by atoms with van der Waals surface area (Å²) in [6.07, 6.45) is -2.37. The molecule has 1 aromatic carbocycles. The number of hydrogen-bond acceptors (Lipinski definition) is 2. The second-order valence-corrected chi connectivity index (χ2v) is 3.32. The lowest BCUT2D eigenvalue weighted by molar-refractivity contribution is 0.0826. The van der Waals surface area contributed by atoms with E-state index in [0.29, 0.717) is 6.54 Å². The summed E-state index contributed by atoms with van der Waals surface area (Å²) in [7, 11) is 0. The molecule has 0 fully saturated rings. The van der Waals surface area contributed by atoms with Crippen LogP contribution in [0.25, 0.3) is 0 Å². The molecular weight excluding hydrogens is 200 g/mol. The zero-order valence-corrected chi connectivity index (χ0v) is 8.37. The van der Waals surface area contributed by atoms with Gasteiger partial charge in [0.05, 0.1) is 6.04 Å². The molecule has 0 spiro atoms. The molecule has 1 unspecified atom stereocenters. The van der Waals surface area contributed by atoms with Crippen LogP contribution in [0.15, 0.2) is 30.3 Å². The van der Waals surface area contributed by atoms with Crippen molar-refractivity contribution >= 4 is 0 Å². The van der Waals surface area contributed by atoms with E-state index in [2.05, 4.69) is 5.32 Å². The Bertz CT molecular complexity index is 267. The van der Waals surface area contributed by atoms with Crippen molar-refractivity contribution in [3.05, 3.63) is 35.9 Å². The van der Waals surface area contributed by atoms with Crippen LogP contribution in [0.2, 0.25) is 0 Å². The topological polar surface area (TPSA) is 32.3 Å². The summed E-state index contributed by atoms with van der Waals surface area (Å²) in [5, 5.41) is 11.3. The van der Waals surface area contributed by atoms with Gasteiger partial charge < -0.3 is 10.4 Å². The maximum Gasteiger partial charge on any atom is 0.253 e. The highest BCUT2D eigenvalue weighted by molar-refractivity contribution is 5.14. The standard InChI is InChI=1S/C11H15F2NO/c12-11(13)10(6-7-15)14-8-9-4-2-1-3-5-9/h1-5,10-11,14-15H,6-8H2. The summed E-state index contributed by atoms with van der Waals surface area (Å²) in [6, 6.07) is 8.40. The normalized spacial score (nSPS) is 13.1. The summed E-state index contributed by atoms with van der Waals surface area (Å²) in [5.74, 6) is 0. The Morgan fingerprint density at radius 2 is 1.87 bits per heavy atom. The molecule has 0 saturated carbocycles. The van der Waals surface area contributed by atoms with Crippen molar-refractivity contribution in [3.63, 3.8) is 0 Å². The van der Waals surface area contributed by atoms with Crippen LogP contribution in [0.5, 0.6) is 0 Å². The fraction of sp³-hybridized carbons (Fsp3) is 0.455. The SMILES string of the molecule is OCCC(NCc1ccccc1)C(F)F. The minimum atomic E-state index is -2.44. The molecule has 2 N–H and O–H groups in total. The third-order valence-corrected chi connectivity index (χ3v) is 2.16. The van der Waals surface area contributed by atoms with Crippen LogP contribution in [0.3, 0.4) is 0 Å². The first kappa shape index (κ1) is 12.1. The van der Waals surface area contributed by atoms with Gasteiger partial charge in [-0.05, 0) is 12.0 Å².